The minimum Gasteiger partial charge on any atom is -0.321 e. The van der Waals surface area contributed by atoms with E-state index in [-0.39, 0.29) is 5.91 Å². The number of aromatic nitrogens is 2. The summed E-state index contributed by atoms with van der Waals surface area (Å²) in [6.07, 6.45) is 2.08. The first-order chi connectivity index (χ1) is 14.8. The molecule has 1 aliphatic rings. The highest BCUT2D eigenvalue weighted by Crippen LogP contribution is 2.30. The van der Waals surface area contributed by atoms with Gasteiger partial charge in [-0.05, 0) is 18.2 Å². The van der Waals surface area contributed by atoms with E-state index in [9.17, 15) is 4.79 Å². The van der Waals surface area contributed by atoms with E-state index in [4.69, 9.17) is 4.98 Å². The maximum atomic E-state index is 12.6. The van der Waals surface area contributed by atoms with Crippen LogP contribution in [0.15, 0.2) is 66.2 Å². The van der Waals surface area contributed by atoms with Gasteiger partial charge in [-0.2, -0.15) is 0 Å². The van der Waals surface area contributed by atoms with Crippen molar-refractivity contribution in [2.75, 3.05) is 31.5 Å². The lowest BCUT2D eigenvalue weighted by atomic mass is 10.1. The highest BCUT2D eigenvalue weighted by Gasteiger charge is 2.16. The van der Waals surface area contributed by atoms with Crippen molar-refractivity contribution in [2.24, 2.45) is 0 Å². The number of hydrogen-bond acceptors (Lipinski definition) is 5. The van der Waals surface area contributed by atoms with E-state index in [2.05, 4.69) is 31.5 Å². The molecule has 2 aromatic carbocycles. The van der Waals surface area contributed by atoms with Gasteiger partial charge >= 0.3 is 0 Å². The van der Waals surface area contributed by atoms with Crippen molar-refractivity contribution >= 4 is 27.9 Å². The first-order valence-corrected chi connectivity index (χ1v) is 11.0. The molecule has 0 spiro atoms. The minimum atomic E-state index is -0.122. The van der Waals surface area contributed by atoms with Crippen molar-refractivity contribution in [2.45, 2.75) is 6.54 Å². The zero-order valence-electron chi connectivity index (χ0n) is 16.5. The number of imidazole rings is 1. The molecule has 2 aromatic heterocycles. The quantitative estimate of drug-likeness (QED) is 0.520. The lowest BCUT2D eigenvalue weighted by Gasteiger charge is -2.26. The second-order valence-electron chi connectivity index (χ2n) is 7.40. The molecule has 3 heterocycles. The summed E-state index contributed by atoms with van der Waals surface area (Å²) in [7, 11) is 0. The molecule has 0 aliphatic carbocycles. The molecule has 7 heteroatoms. The van der Waals surface area contributed by atoms with Crippen LogP contribution in [-0.2, 0) is 6.54 Å². The summed E-state index contributed by atoms with van der Waals surface area (Å²) in [5.74, 6) is -0.122. The third kappa shape index (κ3) is 3.87. The maximum Gasteiger partial charge on any atom is 0.255 e. The molecule has 1 saturated heterocycles. The van der Waals surface area contributed by atoms with Gasteiger partial charge in [0.1, 0.15) is 0 Å². The fourth-order valence-corrected chi connectivity index (χ4v) is 4.63. The zero-order valence-corrected chi connectivity index (χ0v) is 17.4. The van der Waals surface area contributed by atoms with Crippen LogP contribution in [0.25, 0.3) is 16.2 Å². The largest absolute Gasteiger partial charge is 0.321 e. The second kappa shape index (κ2) is 8.39. The minimum absolute atomic E-state index is 0.122. The van der Waals surface area contributed by atoms with Gasteiger partial charge in [-0.25, -0.2) is 4.98 Å². The van der Waals surface area contributed by atoms with Crippen LogP contribution >= 0.6 is 11.3 Å². The van der Waals surface area contributed by atoms with Crippen molar-refractivity contribution in [1.82, 2.24) is 19.6 Å². The van der Waals surface area contributed by atoms with Crippen LogP contribution in [0.2, 0.25) is 0 Å². The predicted octanol–water partition coefficient (Wildman–Crippen LogP) is 3.72. The molecule has 0 saturated carbocycles. The highest BCUT2D eigenvalue weighted by molar-refractivity contribution is 7.15. The van der Waals surface area contributed by atoms with E-state index in [1.807, 2.05) is 54.6 Å². The van der Waals surface area contributed by atoms with Crippen LogP contribution in [0.5, 0.6) is 0 Å². The summed E-state index contributed by atoms with van der Waals surface area (Å²) >= 11 is 1.66. The number of carbonyl (C=O) groups excluding carboxylic acids is 1. The van der Waals surface area contributed by atoms with E-state index in [1.54, 1.807) is 11.3 Å². The lowest BCUT2D eigenvalue weighted by Crippen LogP contribution is -2.43. The number of carbonyl (C=O) groups is 1. The first-order valence-electron chi connectivity index (χ1n) is 10.1. The number of fused-ring (bicyclic) bond motifs is 1. The van der Waals surface area contributed by atoms with Crippen molar-refractivity contribution in [3.8, 4) is 11.3 Å². The topological polar surface area (TPSA) is 61.7 Å². The number of benzene rings is 2. The molecule has 152 valence electrons. The third-order valence-corrected chi connectivity index (χ3v) is 6.25. The van der Waals surface area contributed by atoms with Crippen LogP contribution < -0.4 is 10.6 Å². The number of nitrogens with zero attached hydrogens (tertiary/aromatic N) is 3. The summed E-state index contributed by atoms with van der Waals surface area (Å²) in [4.78, 5) is 20.9. The Kier molecular flexibility index (Phi) is 5.31. The monoisotopic (exact) mass is 417 g/mol. The maximum absolute atomic E-state index is 12.6. The summed E-state index contributed by atoms with van der Waals surface area (Å²) < 4.78 is 2.18. The number of anilines is 1. The molecule has 0 unspecified atom stereocenters. The average Bonchev–Trinajstić information content (AvgIpc) is 3.37. The average molecular weight is 418 g/mol. The third-order valence-electron chi connectivity index (χ3n) is 5.37. The Labute approximate surface area is 179 Å². The predicted molar refractivity (Wildman–Crippen MR) is 121 cm³/mol. The summed E-state index contributed by atoms with van der Waals surface area (Å²) in [6, 6.07) is 17.1. The van der Waals surface area contributed by atoms with E-state index in [0.29, 0.717) is 5.56 Å². The fourth-order valence-electron chi connectivity index (χ4n) is 3.77. The molecule has 5 rings (SSSR count). The van der Waals surface area contributed by atoms with Gasteiger partial charge in [0.05, 0.1) is 11.4 Å². The first kappa shape index (κ1) is 19.0. The number of para-hydroxylation sites is 1. The molecule has 4 aromatic rings. The van der Waals surface area contributed by atoms with Gasteiger partial charge < -0.3 is 10.6 Å². The van der Waals surface area contributed by atoms with Gasteiger partial charge in [-0.3, -0.25) is 14.1 Å². The molecule has 1 aliphatic heterocycles. The SMILES string of the molecule is O=C(Nc1ccccc1-c1cn2c(CN3CCNCC3)csc2n1)c1ccccc1. The Bertz CT molecular complexity index is 1160. The number of hydrogen-bond donors (Lipinski definition) is 2. The Morgan fingerprint density at radius 3 is 2.67 bits per heavy atom. The molecule has 6 nitrogen and oxygen atoms in total. The number of piperazine rings is 1. The van der Waals surface area contributed by atoms with Crippen LogP contribution in [0.4, 0.5) is 5.69 Å². The summed E-state index contributed by atoms with van der Waals surface area (Å²) in [5.41, 5.74) is 4.44. The Hall–Kier alpha value is -3.00. The van der Waals surface area contributed by atoms with Crippen molar-refractivity contribution < 1.29 is 4.79 Å². The molecular formula is C23H23N5OS. The van der Waals surface area contributed by atoms with Gasteiger partial charge in [0.2, 0.25) is 0 Å². The van der Waals surface area contributed by atoms with Crippen molar-refractivity contribution in [3.63, 3.8) is 0 Å². The molecule has 1 fully saturated rings. The van der Waals surface area contributed by atoms with Crippen LogP contribution in [0, 0.1) is 0 Å². The fraction of sp³-hybridized carbons (Fsp3) is 0.217. The van der Waals surface area contributed by atoms with E-state index < -0.39 is 0 Å². The molecule has 1 amide bonds. The smallest absolute Gasteiger partial charge is 0.255 e. The molecule has 0 bridgehead atoms. The van der Waals surface area contributed by atoms with Gasteiger partial charge in [-0.15, -0.1) is 11.3 Å². The molecule has 0 atom stereocenters. The van der Waals surface area contributed by atoms with Crippen LogP contribution in [0.1, 0.15) is 16.1 Å². The van der Waals surface area contributed by atoms with E-state index >= 15 is 0 Å². The zero-order chi connectivity index (χ0) is 20.3. The number of thiazole rings is 1. The van der Waals surface area contributed by atoms with Gasteiger partial charge in [0.15, 0.2) is 4.96 Å². The van der Waals surface area contributed by atoms with Crippen molar-refractivity contribution in [3.05, 3.63) is 77.4 Å². The van der Waals surface area contributed by atoms with Crippen molar-refractivity contribution in [1.29, 1.82) is 0 Å². The molecule has 2 N–H and O–H groups in total. The Morgan fingerprint density at radius 1 is 1.07 bits per heavy atom. The standard InChI is InChI=1S/C23H23N5OS/c29-22(17-6-2-1-3-7-17)25-20-9-5-4-8-19(20)21-15-28-18(16-30-23(28)26-21)14-27-12-10-24-11-13-27/h1-9,15-16,24H,10-14H2,(H,25,29). The number of nitrogens with one attached hydrogen (secondary N) is 2. The summed E-state index contributed by atoms with van der Waals surface area (Å²) in [5, 5.41) is 8.63. The van der Waals surface area contributed by atoms with Crippen LogP contribution in [-0.4, -0.2) is 46.4 Å². The Balaban J connectivity index is 1.42. The Morgan fingerprint density at radius 2 is 1.83 bits per heavy atom. The number of rotatable bonds is 5. The van der Waals surface area contributed by atoms with Gasteiger partial charge in [-0.1, -0.05) is 36.4 Å². The summed E-state index contributed by atoms with van der Waals surface area (Å²) in [6.45, 7) is 5.12. The molecular weight excluding hydrogens is 394 g/mol. The highest BCUT2D eigenvalue weighted by atomic mass is 32.1. The number of amides is 1. The molecule has 30 heavy (non-hydrogen) atoms. The normalized spacial score (nSPS) is 14.8. The van der Waals surface area contributed by atoms with E-state index in [1.165, 1.54) is 5.69 Å². The van der Waals surface area contributed by atoms with Gasteiger partial charge in [0.25, 0.3) is 5.91 Å². The molecule has 0 radical (unpaired) electrons. The van der Waals surface area contributed by atoms with Gasteiger partial charge in [0, 0.05) is 61.1 Å². The second-order valence-corrected chi connectivity index (χ2v) is 8.23. The lowest BCUT2D eigenvalue weighted by molar-refractivity contribution is 0.102. The van der Waals surface area contributed by atoms with Crippen LogP contribution in [0.3, 0.4) is 0 Å². The van der Waals surface area contributed by atoms with E-state index in [0.717, 1.165) is 54.6 Å².